The Morgan fingerprint density at radius 2 is 1.43 bits per heavy atom. The molecule has 9 rings (SSSR count). The van der Waals surface area contributed by atoms with Crippen molar-refractivity contribution in [3.8, 4) is 28.4 Å². The van der Waals surface area contributed by atoms with Gasteiger partial charge in [0.25, 0.3) is 0 Å². The summed E-state index contributed by atoms with van der Waals surface area (Å²) in [4.78, 5) is 9.28. The van der Waals surface area contributed by atoms with Gasteiger partial charge in [-0.2, -0.15) is 11.6 Å². The second-order valence-electron chi connectivity index (χ2n) is 15.5. The maximum absolute atomic E-state index is 14.4. The molecule has 6 aromatic carbocycles. The van der Waals surface area contributed by atoms with E-state index in [9.17, 15) is 4.39 Å². The van der Waals surface area contributed by atoms with E-state index in [4.69, 9.17) is 9.72 Å². The number of para-hydroxylation sites is 3. The van der Waals surface area contributed by atoms with Gasteiger partial charge in [-0.1, -0.05) is 89.0 Å². The molecule has 1 aliphatic rings. The number of halogens is 1. The molecule has 8 aromatic rings. The van der Waals surface area contributed by atoms with Crippen LogP contribution in [0.3, 0.4) is 0 Å². The van der Waals surface area contributed by atoms with Crippen LogP contribution >= 0.6 is 0 Å². The quantitative estimate of drug-likeness (QED) is 0.135. The van der Waals surface area contributed by atoms with Gasteiger partial charge in [0.15, 0.2) is 0 Å². The van der Waals surface area contributed by atoms with Gasteiger partial charge >= 0.3 is 0 Å². The number of aryl methyl sites for hydroxylation is 2. The number of hydrogen-bond acceptors (Lipinski definition) is 4. The Kier molecular flexibility index (Phi) is 10.7. The van der Waals surface area contributed by atoms with E-state index in [0.29, 0.717) is 11.5 Å². The van der Waals surface area contributed by atoms with Crippen molar-refractivity contribution in [3.63, 3.8) is 0 Å². The SMILES string of the molecule is CCc1cc(Oc2[c-]c3c(cc2)c2ccccc2n3-c2cc(C)ccn2)[c-]c(N2[CH-]N(c3c(C(C)C)cc(-c4cccc(F)c4)cc3C(C)C)c3ccccc32)c1.[Pt]. The van der Waals surface area contributed by atoms with Gasteiger partial charge < -0.3 is 19.1 Å². The average Bonchev–Trinajstić information content (AvgIpc) is 3.76. The molecule has 294 valence electrons. The zero-order valence-electron chi connectivity index (χ0n) is 33.5. The molecule has 7 heteroatoms. The molecule has 0 atom stereocenters. The predicted octanol–water partition coefficient (Wildman–Crippen LogP) is 13.9. The topological polar surface area (TPSA) is 33.5 Å². The van der Waals surface area contributed by atoms with E-state index < -0.39 is 0 Å². The molecule has 0 aliphatic carbocycles. The Morgan fingerprint density at radius 1 is 0.707 bits per heavy atom. The summed E-state index contributed by atoms with van der Waals surface area (Å²) in [6.07, 6.45) is 2.67. The van der Waals surface area contributed by atoms with Gasteiger partial charge in [-0.05, 0) is 107 Å². The summed E-state index contributed by atoms with van der Waals surface area (Å²) in [5.41, 5.74) is 12.7. The maximum atomic E-state index is 14.4. The molecule has 0 amide bonds. The van der Waals surface area contributed by atoms with Crippen LogP contribution in [-0.4, -0.2) is 9.55 Å². The standard InChI is InChI=1S/C51H44FN4O.Pt/c1-7-35-24-39(29-41(25-35)57-40-19-20-43-42-15-8-9-16-46(42)56(49(43)30-40)50-23-34(6)21-22-53-50)54-31-55(48-18-11-10-17-47(48)54)51-44(32(2)3)27-37(28-45(51)33(4)5)36-13-12-14-38(52)26-36;/h8-28,31-33H,7H2,1-6H3;/q-3;. The largest absolute Gasteiger partial charge is 0.509 e. The molecule has 0 fully saturated rings. The summed E-state index contributed by atoms with van der Waals surface area (Å²) in [6, 6.07) is 47.9. The smallest absolute Gasteiger partial charge is 0.135 e. The molecule has 0 saturated heterocycles. The monoisotopic (exact) mass is 942 g/mol. The molecule has 58 heavy (non-hydrogen) atoms. The molecule has 0 saturated carbocycles. The van der Waals surface area contributed by atoms with Crippen molar-refractivity contribution in [2.45, 2.75) is 59.8 Å². The first-order chi connectivity index (χ1) is 27.7. The first-order valence-corrected chi connectivity index (χ1v) is 19.8. The van der Waals surface area contributed by atoms with Crippen LogP contribution in [0, 0.1) is 31.5 Å². The summed E-state index contributed by atoms with van der Waals surface area (Å²) in [6.45, 7) is 15.3. The molecule has 2 aromatic heterocycles. The van der Waals surface area contributed by atoms with Crippen molar-refractivity contribution < 1.29 is 30.2 Å². The summed E-state index contributed by atoms with van der Waals surface area (Å²) in [5, 5.41) is 2.22. The number of hydrogen-bond donors (Lipinski definition) is 0. The Balaban J connectivity index is 0.00000469. The van der Waals surface area contributed by atoms with Gasteiger partial charge in [0.2, 0.25) is 0 Å². The number of fused-ring (bicyclic) bond motifs is 4. The van der Waals surface area contributed by atoms with Gasteiger partial charge in [-0.15, -0.1) is 48.1 Å². The van der Waals surface area contributed by atoms with Crippen LogP contribution in [0.4, 0.5) is 27.1 Å². The number of pyridine rings is 1. The molecule has 3 heterocycles. The number of rotatable bonds is 9. The molecule has 0 bridgehead atoms. The minimum atomic E-state index is -0.235. The van der Waals surface area contributed by atoms with E-state index in [1.165, 1.54) is 17.2 Å². The molecule has 0 N–H and O–H groups in total. The van der Waals surface area contributed by atoms with Crippen molar-refractivity contribution in [3.05, 3.63) is 174 Å². The molecule has 0 unspecified atom stereocenters. The van der Waals surface area contributed by atoms with E-state index in [0.717, 1.165) is 79.0 Å². The van der Waals surface area contributed by atoms with Gasteiger partial charge in [0, 0.05) is 61.3 Å². The normalized spacial score (nSPS) is 12.5. The average molecular weight is 943 g/mol. The van der Waals surface area contributed by atoms with Crippen molar-refractivity contribution in [1.29, 1.82) is 0 Å². The minimum absolute atomic E-state index is 0. The zero-order chi connectivity index (χ0) is 39.4. The van der Waals surface area contributed by atoms with Crippen LogP contribution < -0.4 is 14.5 Å². The summed E-state index contributed by atoms with van der Waals surface area (Å²) >= 11 is 0. The summed E-state index contributed by atoms with van der Waals surface area (Å²) < 4.78 is 23.3. The number of aromatic nitrogens is 2. The Hall–Kier alpha value is -5.71. The van der Waals surface area contributed by atoms with E-state index in [-0.39, 0.29) is 38.7 Å². The van der Waals surface area contributed by atoms with E-state index in [2.05, 4.69) is 160 Å². The second kappa shape index (κ2) is 15.9. The fourth-order valence-electron chi connectivity index (χ4n) is 8.06. The molecule has 0 radical (unpaired) electrons. The third-order valence-electron chi connectivity index (χ3n) is 10.9. The van der Waals surface area contributed by atoms with E-state index in [1.54, 1.807) is 12.1 Å². The van der Waals surface area contributed by atoms with Crippen molar-refractivity contribution in [2.75, 3.05) is 9.80 Å². The van der Waals surface area contributed by atoms with Crippen LogP contribution in [0.5, 0.6) is 11.5 Å². The summed E-state index contributed by atoms with van der Waals surface area (Å²) in [7, 11) is 0. The Labute approximate surface area is 355 Å². The van der Waals surface area contributed by atoms with Crippen LogP contribution in [0.15, 0.2) is 128 Å². The molecule has 1 aliphatic heterocycles. The fraction of sp³-hybridized carbons (Fsp3) is 0.176. The first-order valence-electron chi connectivity index (χ1n) is 19.8. The van der Waals surface area contributed by atoms with Crippen molar-refractivity contribution >= 4 is 44.6 Å². The van der Waals surface area contributed by atoms with Gasteiger partial charge in [-0.25, -0.2) is 9.37 Å². The first kappa shape index (κ1) is 39.1. The molecule has 0 spiro atoms. The van der Waals surface area contributed by atoms with E-state index >= 15 is 0 Å². The number of ether oxygens (including phenoxy) is 1. The van der Waals surface area contributed by atoms with Crippen molar-refractivity contribution in [1.82, 2.24) is 9.55 Å². The third kappa shape index (κ3) is 7.09. The molecular formula is C51H44FN4OPt-3. The maximum Gasteiger partial charge on any atom is 0.135 e. The zero-order valence-corrected chi connectivity index (χ0v) is 35.7. The fourth-order valence-corrected chi connectivity index (χ4v) is 8.06. The number of anilines is 4. The van der Waals surface area contributed by atoms with Crippen LogP contribution in [0.25, 0.3) is 38.8 Å². The molecule has 5 nitrogen and oxygen atoms in total. The molecular weight excluding hydrogens is 899 g/mol. The Bertz CT molecular complexity index is 2780. The van der Waals surface area contributed by atoms with Gasteiger partial charge in [0.05, 0.1) is 0 Å². The van der Waals surface area contributed by atoms with Crippen LogP contribution in [0.1, 0.15) is 68.7 Å². The predicted molar refractivity (Wildman–Crippen MR) is 232 cm³/mol. The Morgan fingerprint density at radius 3 is 2.14 bits per heavy atom. The van der Waals surface area contributed by atoms with E-state index in [1.807, 2.05) is 24.4 Å². The van der Waals surface area contributed by atoms with Gasteiger partial charge in [-0.3, -0.25) is 0 Å². The summed E-state index contributed by atoms with van der Waals surface area (Å²) in [5.74, 6) is 2.25. The number of nitrogens with zero attached hydrogens (tertiary/aromatic N) is 4. The third-order valence-corrected chi connectivity index (χ3v) is 10.9. The van der Waals surface area contributed by atoms with Crippen LogP contribution in [0.2, 0.25) is 0 Å². The van der Waals surface area contributed by atoms with Crippen molar-refractivity contribution in [2.24, 2.45) is 0 Å². The number of benzene rings is 6. The van der Waals surface area contributed by atoms with Gasteiger partial charge in [0.1, 0.15) is 11.6 Å². The van der Waals surface area contributed by atoms with Crippen LogP contribution in [-0.2, 0) is 27.5 Å². The second-order valence-corrected chi connectivity index (χ2v) is 15.5. The minimum Gasteiger partial charge on any atom is -0.509 e.